The topological polar surface area (TPSA) is 0 Å². The molecule has 0 spiro atoms. The molecule has 0 saturated carbocycles. The van der Waals surface area contributed by atoms with Crippen molar-refractivity contribution in [1.29, 1.82) is 0 Å². The van der Waals surface area contributed by atoms with Crippen LogP contribution in [0.25, 0.3) is 0 Å². The number of unbranched alkanes of at least 4 members (excludes halogenated alkanes) is 4. The Morgan fingerprint density at radius 1 is 0.500 bits per heavy atom. The normalized spacial score (nSPS) is 11.4. The Balaban J connectivity index is 2.06. The maximum Gasteiger partial charge on any atom is 0.143 e. The summed E-state index contributed by atoms with van der Waals surface area (Å²) in [6.45, 7) is 3.36. The van der Waals surface area contributed by atoms with Crippen molar-refractivity contribution in [3.8, 4) is 0 Å². The zero-order valence-electron chi connectivity index (χ0n) is 15.9. The van der Waals surface area contributed by atoms with E-state index in [1.165, 1.54) is 49.2 Å². The van der Waals surface area contributed by atoms with Gasteiger partial charge in [-0.3, -0.25) is 0 Å². The van der Waals surface area contributed by atoms with E-state index in [0.717, 1.165) is 11.0 Å². The van der Waals surface area contributed by atoms with Crippen LogP contribution in [0.4, 0.5) is 17.1 Å². The van der Waals surface area contributed by atoms with E-state index in [1.54, 1.807) is 0 Å². The molecule has 0 radical (unpaired) electrons. The predicted octanol–water partition coefficient (Wildman–Crippen LogP) is 7.63. The molecule has 0 bridgehead atoms. The van der Waals surface area contributed by atoms with Crippen molar-refractivity contribution < 1.29 is 0 Å². The Labute approximate surface area is 158 Å². The first kappa shape index (κ1) is 18.4. The molecule has 1 heteroatoms. The molecular formula is C25H30N+. The number of nitrogens with zero attached hydrogens (tertiary/aromatic N) is 1. The van der Waals surface area contributed by atoms with Crippen molar-refractivity contribution in [3.05, 3.63) is 91.0 Å². The van der Waals surface area contributed by atoms with Crippen LogP contribution in [-0.2, 0) is 0 Å². The average Bonchev–Trinajstić information content (AvgIpc) is 2.73. The molecule has 3 aromatic rings. The molecule has 0 aromatic heterocycles. The highest BCUT2D eigenvalue weighted by molar-refractivity contribution is 5.70. The van der Waals surface area contributed by atoms with Crippen LogP contribution >= 0.6 is 0 Å². The highest BCUT2D eigenvalue weighted by Gasteiger charge is 2.35. The molecule has 3 aromatic carbocycles. The van der Waals surface area contributed by atoms with Crippen LogP contribution in [0.2, 0.25) is 0 Å². The van der Waals surface area contributed by atoms with Crippen LogP contribution in [-0.4, -0.2) is 6.54 Å². The standard InChI is InChI=1S/C25H30N/c1-2-3-4-5-15-22-26(23-16-9-6-10-17-23,24-18-11-7-12-19-24)25-20-13-8-14-21-25/h6-14,16-21H,2-5,15,22H2,1H3/q+1. The van der Waals surface area contributed by atoms with E-state index in [1.807, 2.05) is 0 Å². The third-order valence-electron chi connectivity index (χ3n) is 5.19. The van der Waals surface area contributed by atoms with E-state index in [4.69, 9.17) is 0 Å². The Bertz CT molecular complexity index is 653. The molecule has 0 aliphatic carbocycles. The summed E-state index contributed by atoms with van der Waals surface area (Å²) in [6.07, 6.45) is 6.46. The molecule has 0 atom stereocenters. The number of hydrogen-bond donors (Lipinski definition) is 0. The van der Waals surface area contributed by atoms with Crippen molar-refractivity contribution in [2.45, 2.75) is 39.0 Å². The van der Waals surface area contributed by atoms with E-state index in [0.29, 0.717) is 0 Å². The lowest BCUT2D eigenvalue weighted by molar-refractivity contribution is 0.477. The lowest BCUT2D eigenvalue weighted by atomic mass is 10.1. The second kappa shape index (κ2) is 9.35. The van der Waals surface area contributed by atoms with Gasteiger partial charge in [-0.2, -0.15) is 0 Å². The molecule has 134 valence electrons. The summed E-state index contributed by atoms with van der Waals surface area (Å²) in [4.78, 5) is 0. The summed E-state index contributed by atoms with van der Waals surface area (Å²) in [5.74, 6) is 0. The van der Waals surface area contributed by atoms with Crippen LogP contribution in [0.3, 0.4) is 0 Å². The number of benzene rings is 3. The van der Waals surface area contributed by atoms with E-state index in [-0.39, 0.29) is 0 Å². The monoisotopic (exact) mass is 344 g/mol. The first-order valence-corrected chi connectivity index (χ1v) is 9.93. The first-order valence-electron chi connectivity index (χ1n) is 9.93. The summed E-state index contributed by atoms with van der Waals surface area (Å²) in [5, 5.41) is 0. The second-order valence-corrected chi connectivity index (χ2v) is 6.95. The van der Waals surface area contributed by atoms with Crippen molar-refractivity contribution in [2.75, 3.05) is 6.54 Å². The molecule has 0 aliphatic heterocycles. The maximum absolute atomic E-state index is 2.28. The molecule has 0 unspecified atom stereocenters. The van der Waals surface area contributed by atoms with E-state index in [2.05, 4.69) is 97.9 Å². The summed E-state index contributed by atoms with van der Waals surface area (Å²) in [6, 6.07) is 32.9. The molecule has 0 N–H and O–H groups in total. The SMILES string of the molecule is CCCCCCC[N+](c1ccccc1)(c1ccccc1)c1ccccc1. The number of hydrogen-bond acceptors (Lipinski definition) is 0. The molecule has 3 rings (SSSR count). The lowest BCUT2D eigenvalue weighted by Gasteiger charge is -2.37. The number of quaternary nitrogens is 1. The summed E-state index contributed by atoms with van der Waals surface area (Å²) in [5.41, 5.74) is 4.00. The van der Waals surface area contributed by atoms with Crippen LogP contribution in [0.1, 0.15) is 39.0 Å². The quantitative estimate of drug-likeness (QED) is 0.276. The molecule has 0 amide bonds. The third kappa shape index (κ3) is 4.05. The van der Waals surface area contributed by atoms with Crippen LogP contribution in [0.15, 0.2) is 91.0 Å². The molecule has 0 fully saturated rings. The summed E-state index contributed by atoms with van der Waals surface area (Å²) < 4.78 is 0.786. The van der Waals surface area contributed by atoms with Crippen molar-refractivity contribution >= 4 is 17.1 Å². The maximum atomic E-state index is 2.28. The van der Waals surface area contributed by atoms with Gasteiger partial charge in [-0.25, -0.2) is 4.48 Å². The predicted molar refractivity (Wildman–Crippen MR) is 114 cm³/mol. The smallest absolute Gasteiger partial charge is 0.143 e. The minimum absolute atomic E-state index is 0.786. The van der Waals surface area contributed by atoms with Gasteiger partial charge in [0, 0.05) is 0 Å². The lowest BCUT2D eigenvalue weighted by Crippen LogP contribution is -2.39. The summed E-state index contributed by atoms with van der Waals surface area (Å²) >= 11 is 0. The summed E-state index contributed by atoms with van der Waals surface area (Å²) in [7, 11) is 0. The van der Waals surface area contributed by atoms with Gasteiger partial charge in [-0.05, 0) is 49.2 Å². The van der Waals surface area contributed by atoms with Crippen molar-refractivity contribution in [2.24, 2.45) is 0 Å². The molecule has 0 aliphatic rings. The molecule has 1 nitrogen and oxygen atoms in total. The fourth-order valence-corrected chi connectivity index (χ4v) is 3.83. The van der Waals surface area contributed by atoms with Gasteiger partial charge >= 0.3 is 0 Å². The van der Waals surface area contributed by atoms with E-state index < -0.39 is 0 Å². The minimum atomic E-state index is 0.786. The van der Waals surface area contributed by atoms with Gasteiger partial charge < -0.3 is 0 Å². The minimum Gasteiger partial charge on any atom is -0.227 e. The largest absolute Gasteiger partial charge is 0.227 e. The van der Waals surface area contributed by atoms with Crippen molar-refractivity contribution in [1.82, 2.24) is 4.48 Å². The first-order chi connectivity index (χ1) is 12.9. The molecular weight excluding hydrogens is 314 g/mol. The van der Waals surface area contributed by atoms with Crippen LogP contribution in [0.5, 0.6) is 0 Å². The Kier molecular flexibility index (Phi) is 6.62. The van der Waals surface area contributed by atoms with Gasteiger partial charge in [0.15, 0.2) is 0 Å². The Hall–Kier alpha value is -2.38. The van der Waals surface area contributed by atoms with Gasteiger partial charge in [-0.1, -0.05) is 80.8 Å². The Morgan fingerprint density at radius 3 is 1.27 bits per heavy atom. The zero-order valence-corrected chi connectivity index (χ0v) is 15.9. The number of para-hydroxylation sites is 3. The highest BCUT2D eigenvalue weighted by Crippen LogP contribution is 2.43. The highest BCUT2D eigenvalue weighted by atomic mass is 15.4. The van der Waals surface area contributed by atoms with E-state index in [9.17, 15) is 0 Å². The number of rotatable bonds is 9. The van der Waals surface area contributed by atoms with Crippen molar-refractivity contribution in [3.63, 3.8) is 0 Å². The fourth-order valence-electron chi connectivity index (χ4n) is 3.83. The van der Waals surface area contributed by atoms with Crippen LogP contribution in [0, 0.1) is 0 Å². The Morgan fingerprint density at radius 2 is 0.885 bits per heavy atom. The average molecular weight is 345 g/mol. The fraction of sp³-hybridized carbons (Fsp3) is 0.280. The van der Waals surface area contributed by atoms with E-state index >= 15 is 0 Å². The third-order valence-corrected chi connectivity index (χ3v) is 5.19. The molecule has 0 saturated heterocycles. The van der Waals surface area contributed by atoms with Gasteiger partial charge in [-0.15, -0.1) is 0 Å². The molecule has 26 heavy (non-hydrogen) atoms. The zero-order chi connectivity index (χ0) is 18.1. The van der Waals surface area contributed by atoms with Gasteiger partial charge in [0.05, 0.1) is 6.54 Å². The molecule has 0 heterocycles. The second-order valence-electron chi connectivity index (χ2n) is 6.95. The van der Waals surface area contributed by atoms with Gasteiger partial charge in [0.25, 0.3) is 0 Å². The van der Waals surface area contributed by atoms with Gasteiger partial charge in [0.1, 0.15) is 17.1 Å². The van der Waals surface area contributed by atoms with Crippen LogP contribution < -0.4 is 4.48 Å². The van der Waals surface area contributed by atoms with Gasteiger partial charge in [0.2, 0.25) is 0 Å².